The number of aryl methyl sites for hydroxylation is 1. The zero-order valence-electron chi connectivity index (χ0n) is 10.0. The van der Waals surface area contributed by atoms with Gasteiger partial charge in [-0.05, 0) is 6.07 Å². The predicted molar refractivity (Wildman–Crippen MR) is 61.4 cm³/mol. The lowest BCUT2D eigenvalue weighted by molar-refractivity contribution is -0.136. The summed E-state index contributed by atoms with van der Waals surface area (Å²) in [4.78, 5) is 14.8. The molecule has 0 aliphatic carbocycles. The number of benzene rings is 1. The molecule has 0 amide bonds. The number of hydrogen-bond acceptors (Lipinski definition) is 4. The first-order valence-corrected chi connectivity index (χ1v) is 5.59. The van der Waals surface area contributed by atoms with Crippen molar-refractivity contribution in [2.24, 2.45) is 0 Å². The number of oxazole rings is 1. The van der Waals surface area contributed by atoms with Crippen molar-refractivity contribution in [1.29, 1.82) is 0 Å². The minimum Gasteiger partial charge on any atom is -0.481 e. The zero-order valence-corrected chi connectivity index (χ0v) is 10.0. The highest BCUT2D eigenvalue weighted by Gasteiger charge is 2.18. The van der Waals surface area contributed by atoms with Crippen LogP contribution in [0.4, 0.5) is 8.78 Å². The fourth-order valence-electron chi connectivity index (χ4n) is 1.72. The highest BCUT2D eigenvalue weighted by Crippen LogP contribution is 2.30. The monoisotopic (exact) mass is 271 g/mol. The number of aliphatic carboxylic acids is 1. The van der Waals surface area contributed by atoms with Gasteiger partial charge in [-0.2, -0.15) is 8.78 Å². The Balaban J connectivity index is 2.55. The number of hydrogen-bond donors (Lipinski definition) is 1. The lowest BCUT2D eigenvalue weighted by Crippen LogP contribution is -2.04. The van der Waals surface area contributed by atoms with Crippen LogP contribution in [-0.2, 0) is 17.6 Å². The van der Waals surface area contributed by atoms with Crippen molar-refractivity contribution in [1.82, 2.24) is 4.98 Å². The van der Waals surface area contributed by atoms with Crippen molar-refractivity contribution >= 4 is 17.1 Å². The average Bonchev–Trinajstić information content (AvgIpc) is 2.76. The van der Waals surface area contributed by atoms with Crippen molar-refractivity contribution in [3.8, 4) is 5.75 Å². The van der Waals surface area contributed by atoms with Crippen LogP contribution in [0.2, 0.25) is 0 Å². The van der Waals surface area contributed by atoms with E-state index in [2.05, 4.69) is 9.72 Å². The van der Waals surface area contributed by atoms with Gasteiger partial charge >= 0.3 is 12.6 Å². The summed E-state index contributed by atoms with van der Waals surface area (Å²) in [7, 11) is 0. The highest BCUT2D eigenvalue weighted by atomic mass is 19.3. The largest absolute Gasteiger partial charge is 0.481 e. The van der Waals surface area contributed by atoms with Gasteiger partial charge in [0, 0.05) is 12.0 Å². The van der Waals surface area contributed by atoms with Crippen molar-refractivity contribution in [2.45, 2.75) is 26.4 Å². The van der Waals surface area contributed by atoms with Gasteiger partial charge in [-0.15, -0.1) is 0 Å². The number of aromatic nitrogens is 1. The van der Waals surface area contributed by atoms with E-state index in [1.807, 2.05) is 0 Å². The summed E-state index contributed by atoms with van der Waals surface area (Å²) in [6, 6.07) is 2.66. The molecule has 1 aromatic carbocycles. The molecule has 1 N–H and O–H groups in total. The van der Waals surface area contributed by atoms with Crippen LogP contribution >= 0.6 is 0 Å². The van der Waals surface area contributed by atoms with Crippen LogP contribution in [-0.4, -0.2) is 22.7 Å². The van der Waals surface area contributed by atoms with Gasteiger partial charge in [0.05, 0.1) is 6.42 Å². The van der Waals surface area contributed by atoms with Crippen LogP contribution in [0.15, 0.2) is 16.5 Å². The van der Waals surface area contributed by atoms with Gasteiger partial charge in [0.25, 0.3) is 0 Å². The highest BCUT2D eigenvalue weighted by molar-refractivity contribution is 5.86. The van der Waals surface area contributed by atoms with Crippen molar-refractivity contribution < 1.29 is 27.8 Å². The molecule has 0 saturated heterocycles. The molecule has 0 fully saturated rings. The van der Waals surface area contributed by atoms with Gasteiger partial charge < -0.3 is 14.3 Å². The Morgan fingerprint density at radius 3 is 2.84 bits per heavy atom. The number of carbonyl (C=O) groups is 1. The minimum absolute atomic E-state index is 0.121. The predicted octanol–water partition coefficient (Wildman–Crippen LogP) is 2.62. The molecule has 0 spiro atoms. The number of rotatable bonds is 5. The Bertz CT molecular complexity index is 609. The second kappa shape index (κ2) is 5.21. The second-order valence-electron chi connectivity index (χ2n) is 3.81. The summed E-state index contributed by atoms with van der Waals surface area (Å²) in [5.74, 6) is -0.826. The molecule has 0 unspecified atom stereocenters. The number of halogens is 2. The van der Waals surface area contributed by atoms with Crippen LogP contribution in [0, 0.1) is 0 Å². The molecule has 0 bridgehead atoms. The number of nitrogens with zero attached hydrogens (tertiary/aromatic N) is 1. The van der Waals surface area contributed by atoms with Crippen LogP contribution in [0.5, 0.6) is 5.75 Å². The first-order valence-electron chi connectivity index (χ1n) is 5.59. The maximum Gasteiger partial charge on any atom is 0.387 e. The standard InChI is InChI=1S/C12H11F2NO4/c1-2-8-15-10-7(18-12(13)14)4-3-6(5-9(16)17)11(10)19-8/h3-4,12H,2,5H2,1H3,(H,16,17). The van der Waals surface area contributed by atoms with Gasteiger partial charge in [-0.1, -0.05) is 13.0 Å². The van der Waals surface area contributed by atoms with Gasteiger partial charge in [-0.3, -0.25) is 4.79 Å². The molecule has 0 aliphatic heterocycles. The fraction of sp³-hybridized carbons (Fsp3) is 0.333. The summed E-state index contributed by atoms with van der Waals surface area (Å²) in [6.45, 7) is -1.19. The minimum atomic E-state index is -2.98. The summed E-state index contributed by atoms with van der Waals surface area (Å²) in [5, 5.41) is 8.79. The van der Waals surface area contributed by atoms with E-state index in [1.165, 1.54) is 12.1 Å². The molecule has 2 rings (SSSR count). The summed E-state index contributed by atoms with van der Waals surface area (Å²) in [6.07, 6.45) is 0.194. The average molecular weight is 271 g/mol. The van der Waals surface area contributed by atoms with E-state index in [1.54, 1.807) is 6.92 Å². The Morgan fingerprint density at radius 2 is 2.26 bits per heavy atom. The van der Waals surface area contributed by atoms with Crippen molar-refractivity contribution in [2.75, 3.05) is 0 Å². The summed E-state index contributed by atoms with van der Waals surface area (Å²) >= 11 is 0. The van der Waals surface area contributed by atoms with Gasteiger partial charge in [0.2, 0.25) is 0 Å². The third kappa shape index (κ3) is 2.81. The molecule has 0 atom stereocenters. The molecule has 0 saturated carbocycles. The van der Waals surface area contributed by atoms with Crippen molar-refractivity contribution in [3.63, 3.8) is 0 Å². The SMILES string of the molecule is CCc1nc2c(OC(F)F)ccc(CC(=O)O)c2o1. The quantitative estimate of drug-likeness (QED) is 0.904. The Labute approximate surface area is 106 Å². The number of ether oxygens (including phenoxy) is 1. The van der Waals surface area contributed by atoms with Crippen LogP contribution < -0.4 is 4.74 Å². The van der Waals surface area contributed by atoms with E-state index < -0.39 is 12.6 Å². The topological polar surface area (TPSA) is 72.6 Å². The van der Waals surface area contributed by atoms with E-state index in [9.17, 15) is 13.6 Å². The van der Waals surface area contributed by atoms with Gasteiger partial charge in [0.15, 0.2) is 22.7 Å². The molecule has 1 heterocycles. The molecule has 102 valence electrons. The number of fused-ring (bicyclic) bond motifs is 1. The first kappa shape index (κ1) is 13.3. The molecule has 19 heavy (non-hydrogen) atoms. The molecule has 5 nitrogen and oxygen atoms in total. The van der Waals surface area contributed by atoms with E-state index in [0.29, 0.717) is 17.9 Å². The Morgan fingerprint density at radius 1 is 1.53 bits per heavy atom. The van der Waals surface area contributed by atoms with Gasteiger partial charge in [-0.25, -0.2) is 4.98 Å². The molecule has 2 aromatic rings. The lowest BCUT2D eigenvalue weighted by Gasteiger charge is -2.05. The van der Waals surface area contributed by atoms with Gasteiger partial charge in [0.1, 0.15) is 0 Å². The molecule has 7 heteroatoms. The van der Waals surface area contributed by atoms with E-state index in [0.717, 1.165) is 0 Å². The lowest BCUT2D eigenvalue weighted by atomic mass is 10.1. The molecule has 0 aliphatic rings. The Kier molecular flexibility index (Phi) is 3.64. The third-order valence-electron chi connectivity index (χ3n) is 2.49. The first-order chi connectivity index (χ1) is 9.01. The van der Waals surface area contributed by atoms with E-state index in [-0.39, 0.29) is 23.3 Å². The molecule has 0 radical (unpaired) electrons. The van der Waals surface area contributed by atoms with Crippen LogP contribution in [0.1, 0.15) is 18.4 Å². The maximum atomic E-state index is 12.3. The Hall–Kier alpha value is -2.18. The summed E-state index contributed by atoms with van der Waals surface area (Å²) in [5.41, 5.74) is 0.671. The van der Waals surface area contributed by atoms with Crippen molar-refractivity contribution in [3.05, 3.63) is 23.6 Å². The molecule has 1 aromatic heterocycles. The third-order valence-corrected chi connectivity index (χ3v) is 2.49. The maximum absolute atomic E-state index is 12.3. The fourth-order valence-corrected chi connectivity index (χ4v) is 1.72. The number of carboxylic acids is 1. The van der Waals surface area contributed by atoms with E-state index >= 15 is 0 Å². The molecular formula is C12H11F2NO4. The molecular weight excluding hydrogens is 260 g/mol. The van der Waals surface area contributed by atoms with E-state index in [4.69, 9.17) is 9.52 Å². The normalized spacial score (nSPS) is 11.2. The zero-order chi connectivity index (χ0) is 14.0. The summed E-state index contributed by atoms with van der Waals surface area (Å²) < 4.78 is 34.3. The number of alkyl halides is 2. The van der Waals surface area contributed by atoms with Crippen LogP contribution in [0.3, 0.4) is 0 Å². The second-order valence-corrected chi connectivity index (χ2v) is 3.81. The number of carboxylic acid groups (broad SMARTS) is 1. The smallest absolute Gasteiger partial charge is 0.387 e. The van der Waals surface area contributed by atoms with Crippen LogP contribution in [0.25, 0.3) is 11.1 Å².